The van der Waals surface area contributed by atoms with E-state index in [0.717, 1.165) is 32.6 Å². The summed E-state index contributed by atoms with van der Waals surface area (Å²) in [6, 6.07) is 10.4. The fourth-order valence-electron chi connectivity index (χ4n) is 3.36. The summed E-state index contributed by atoms with van der Waals surface area (Å²) in [5.74, 6) is 0.817. The second-order valence-corrected chi connectivity index (χ2v) is 7.73. The Labute approximate surface area is 147 Å². The van der Waals surface area contributed by atoms with Crippen LogP contribution in [-0.4, -0.2) is 47.4 Å². The molecule has 2 atom stereocenters. The van der Waals surface area contributed by atoms with E-state index in [1.807, 2.05) is 18.7 Å². The number of carbonyl (C=O) groups is 1. The Bertz CT molecular complexity index is 515. The lowest BCUT2D eigenvalue weighted by Crippen LogP contribution is -2.50. The second-order valence-electron chi connectivity index (χ2n) is 7.73. The van der Waals surface area contributed by atoms with Gasteiger partial charge in [-0.25, -0.2) is 0 Å². The highest BCUT2D eigenvalue weighted by atomic mass is 16.2. The molecule has 1 aromatic carbocycles. The van der Waals surface area contributed by atoms with E-state index in [-0.39, 0.29) is 17.9 Å². The number of hydrogen-bond donors (Lipinski definition) is 1. The maximum absolute atomic E-state index is 12.7. The number of amides is 1. The van der Waals surface area contributed by atoms with Crippen LogP contribution in [0.15, 0.2) is 30.3 Å². The maximum Gasteiger partial charge on any atom is 0.239 e. The van der Waals surface area contributed by atoms with Gasteiger partial charge in [0, 0.05) is 25.7 Å². The van der Waals surface area contributed by atoms with Crippen molar-refractivity contribution < 1.29 is 4.79 Å². The van der Waals surface area contributed by atoms with Gasteiger partial charge in [-0.15, -0.1) is 0 Å². The van der Waals surface area contributed by atoms with Gasteiger partial charge in [0.1, 0.15) is 0 Å². The molecule has 0 saturated carbocycles. The van der Waals surface area contributed by atoms with Crippen LogP contribution in [0.5, 0.6) is 0 Å². The van der Waals surface area contributed by atoms with Crippen LogP contribution in [0.3, 0.4) is 0 Å². The topological polar surface area (TPSA) is 49.6 Å². The average Bonchev–Trinajstić information content (AvgIpc) is 2.99. The summed E-state index contributed by atoms with van der Waals surface area (Å²) in [4.78, 5) is 17.2. The molecule has 0 bridgehead atoms. The zero-order valence-electron chi connectivity index (χ0n) is 15.6. The van der Waals surface area contributed by atoms with E-state index in [9.17, 15) is 4.79 Å². The Hall–Kier alpha value is -1.39. The molecule has 2 N–H and O–H groups in total. The highest BCUT2D eigenvalue weighted by Gasteiger charge is 2.30. The lowest BCUT2D eigenvalue weighted by Gasteiger charge is -2.32. The molecule has 0 aromatic heterocycles. The van der Waals surface area contributed by atoms with E-state index in [4.69, 9.17) is 5.73 Å². The number of hydrogen-bond acceptors (Lipinski definition) is 3. The minimum Gasteiger partial charge on any atom is -0.339 e. The van der Waals surface area contributed by atoms with Gasteiger partial charge in [-0.1, -0.05) is 44.2 Å². The molecule has 24 heavy (non-hydrogen) atoms. The van der Waals surface area contributed by atoms with Crippen molar-refractivity contribution in [1.82, 2.24) is 9.80 Å². The summed E-state index contributed by atoms with van der Waals surface area (Å²) in [6.07, 6.45) is 1.15. The summed E-state index contributed by atoms with van der Waals surface area (Å²) < 4.78 is 0. The smallest absolute Gasteiger partial charge is 0.239 e. The van der Waals surface area contributed by atoms with Gasteiger partial charge in [-0.05, 0) is 44.2 Å². The first-order chi connectivity index (χ1) is 11.4. The molecule has 1 heterocycles. The average molecular weight is 332 g/mol. The van der Waals surface area contributed by atoms with Crippen molar-refractivity contribution in [2.45, 2.75) is 52.7 Å². The largest absolute Gasteiger partial charge is 0.339 e. The van der Waals surface area contributed by atoms with Crippen LogP contribution in [0.2, 0.25) is 0 Å². The molecule has 4 heteroatoms. The van der Waals surface area contributed by atoms with Crippen LogP contribution in [0.4, 0.5) is 0 Å². The van der Waals surface area contributed by atoms with E-state index in [0.29, 0.717) is 5.92 Å². The van der Waals surface area contributed by atoms with Crippen molar-refractivity contribution in [1.29, 1.82) is 0 Å². The van der Waals surface area contributed by atoms with Crippen molar-refractivity contribution >= 4 is 5.91 Å². The number of nitrogens with zero attached hydrogens (tertiary/aromatic N) is 2. The minimum absolute atomic E-state index is 0.0986. The highest BCUT2D eigenvalue weighted by Crippen LogP contribution is 2.21. The molecule has 2 rings (SSSR count). The van der Waals surface area contributed by atoms with Crippen LogP contribution in [-0.2, 0) is 11.3 Å². The zero-order valence-corrected chi connectivity index (χ0v) is 15.6. The summed E-state index contributed by atoms with van der Waals surface area (Å²) >= 11 is 0. The summed E-state index contributed by atoms with van der Waals surface area (Å²) in [5.41, 5.74) is 7.46. The van der Waals surface area contributed by atoms with Crippen LogP contribution in [0, 0.1) is 11.8 Å². The van der Waals surface area contributed by atoms with Crippen molar-refractivity contribution in [3.63, 3.8) is 0 Å². The highest BCUT2D eigenvalue weighted by molar-refractivity contribution is 5.82. The van der Waals surface area contributed by atoms with Crippen LogP contribution in [0.25, 0.3) is 0 Å². The Kier molecular flexibility index (Phi) is 6.81. The number of rotatable bonds is 7. The molecule has 1 aromatic rings. The number of nitrogens with two attached hydrogens (primary N) is 1. The Morgan fingerprint density at radius 2 is 1.92 bits per heavy atom. The zero-order chi connectivity index (χ0) is 17.7. The minimum atomic E-state index is -0.394. The molecular formula is C20H33N3O. The SMILES string of the molecule is CC(C)[C@H](N)C(=O)N(C[C@H]1CCN(Cc2ccccc2)C1)C(C)C. The Morgan fingerprint density at radius 1 is 1.25 bits per heavy atom. The Morgan fingerprint density at radius 3 is 2.50 bits per heavy atom. The van der Waals surface area contributed by atoms with Crippen LogP contribution in [0.1, 0.15) is 39.7 Å². The third-order valence-corrected chi connectivity index (χ3v) is 4.98. The molecule has 134 valence electrons. The molecule has 0 unspecified atom stereocenters. The Balaban J connectivity index is 1.90. The van der Waals surface area contributed by atoms with E-state index in [1.54, 1.807) is 0 Å². The fourth-order valence-corrected chi connectivity index (χ4v) is 3.36. The van der Waals surface area contributed by atoms with E-state index in [2.05, 4.69) is 49.1 Å². The first-order valence-electron chi connectivity index (χ1n) is 9.20. The maximum atomic E-state index is 12.7. The molecule has 1 amide bonds. The van der Waals surface area contributed by atoms with Gasteiger partial charge in [0.05, 0.1) is 6.04 Å². The quantitative estimate of drug-likeness (QED) is 0.836. The number of carbonyl (C=O) groups excluding carboxylic acids is 1. The lowest BCUT2D eigenvalue weighted by atomic mass is 10.0. The molecule has 1 fully saturated rings. The van der Waals surface area contributed by atoms with Crippen molar-refractivity contribution in [3.05, 3.63) is 35.9 Å². The third-order valence-electron chi connectivity index (χ3n) is 4.98. The molecule has 0 spiro atoms. The van der Waals surface area contributed by atoms with Crippen LogP contribution < -0.4 is 5.73 Å². The monoisotopic (exact) mass is 331 g/mol. The molecule has 1 aliphatic heterocycles. The molecule has 1 aliphatic rings. The van der Waals surface area contributed by atoms with Gasteiger partial charge >= 0.3 is 0 Å². The van der Waals surface area contributed by atoms with E-state index >= 15 is 0 Å². The van der Waals surface area contributed by atoms with Gasteiger partial charge < -0.3 is 10.6 Å². The lowest BCUT2D eigenvalue weighted by molar-refractivity contribution is -0.136. The van der Waals surface area contributed by atoms with Crippen LogP contribution >= 0.6 is 0 Å². The van der Waals surface area contributed by atoms with Gasteiger partial charge in [0.2, 0.25) is 5.91 Å². The summed E-state index contributed by atoms with van der Waals surface area (Å²) in [6.45, 7) is 12.2. The van der Waals surface area contributed by atoms with Gasteiger partial charge in [0.25, 0.3) is 0 Å². The van der Waals surface area contributed by atoms with Crippen molar-refractivity contribution in [2.75, 3.05) is 19.6 Å². The molecule has 0 aliphatic carbocycles. The molecule has 4 nitrogen and oxygen atoms in total. The van der Waals surface area contributed by atoms with Gasteiger partial charge in [-0.2, -0.15) is 0 Å². The second kappa shape index (κ2) is 8.63. The molecule has 1 saturated heterocycles. The summed E-state index contributed by atoms with van der Waals surface area (Å²) in [7, 11) is 0. The van der Waals surface area contributed by atoms with E-state index < -0.39 is 6.04 Å². The van der Waals surface area contributed by atoms with E-state index in [1.165, 1.54) is 5.56 Å². The standard InChI is InChI=1S/C20H33N3O/c1-15(2)19(21)20(24)23(16(3)4)14-18-10-11-22(13-18)12-17-8-6-5-7-9-17/h5-9,15-16,18-19H,10-14,21H2,1-4H3/t18-,19-/m0/s1. The number of likely N-dealkylation sites (tertiary alicyclic amines) is 1. The molecular weight excluding hydrogens is 298 g/mol. The normalized spacial score (nSPS) is 19.9. The van der Waals surface area contributed by atoms with Crippen molar-refractivity contribution in [3.8, 4) is 0 Å². The first kappa shape index (κ1) is 18.9. The predicted octanol–water partition coefficient (Wildman–Crippen LogP) is 2.73. The first-order valence-corrected chi connectivity index (χ1v) is 9.20. The predicted molar refractivity (Wildman–Crippen MR) is 99.5 cm³/mol. The fraction of sp³-hybridized carbons (Fsp3) is 0.650. The third kappa shape index (κ3) is 5.05. The number of benzene rings is 1. The summed E-state index contributed by atoms with van der Waals surface area (Å²) in [5, 5.41) is 0. The van der Waals surface area contributed by atoms with Gasteiger partial charge in [-0.3, -0.25) is 9.69 Å². The van der Waals surface area contributed by atoms with Gasteiger partial charge in [0.15, 0.2) is 0 Å². The molecule has 0 radical (unpaired) electrons. The van der Waals surface area contributed by atoms with Crippen molar-refractivity contribution in [2.24, 2.45) is 17.6 Å².